The van der Waals surface area contributed by atoms with Gasteiger partial charge in [0.05, 0.1) is 11.7 Å². The Labute approximate surface area is 126 Å². The van der Waals surface area contributed by atoms with Crippen molar-refractivity contribution in [3.63, 3.8) is 0 Å². The minimum Gasteiger partial charge on any atom is -0.490 e. The molecule has 0 aliphatic heterocycles. The molecule has 0 aliphatic rings. The third-order valence-electron chi connectivity index (χ3n) is 4.16. The normalized spacial score (nSPS) is 13.4. The van der Waals surface area contributed by atoms with Crippen molar-refractivity contribution in [1.82, 2.24) is 0 Å². The van der Waals surface area contributed by atoms with E-state index in [9.17, 15) is 10.2 Å². The molecule has 114 valence electrons. The summed E-state index contributed by atoms with van der Waals surface area (Å²) in [7, 11) is 0. The Morgan fingerprint density at radius 3 is 2.38 bits per heavy atom. The first kappa shape index (κ1) is 15.8. The number of aliphatic hydroxyl groups excluding tert-OH is 1. The summed E-state index contributed by atoms with van der Waals surface area (Å²) in [6.45, 7) is 5.85. The molecule has 21 heavy (non-hydrogen) atoms. The van der Waals surface area contributed by atoms with Crippen LogP contribution < -0.4 is 4.74 Å². The lowest BCUT2D eigenvalue weighted by Crippen LogP contribution is -2.34. The first-order valence-corrected chi connectivity index (χ1v) is 7.55. The highest BCUT2D eigenvalue weighted by molar-refractivity contribution is 5.89. The summed E-state index contributed by atoms with van der Waals surface area (Å²) >= 11 is 0. The van der Waals surface area contributed by atoms with Crippen molar-refractivity contribution in [2.24, 2.45) is 0 Å². The first-order chi connectivity index (χ1) is 10.0. The van der Waals surface area contributed by atoms with E-state index in [0.29, 0.717) is 18.6 Å². The molecular weight excluding hydrogens is 264 g/mol. The predicted octanol–water partition coefficient (Wildman–Crippen LogP) is 3.82. The first-order valence-electron chi connectivity index (χ1n) is 7.55. The monoisotopic (exact) mass is 288 g/mol. The molecule has 3 heteroatoms. The molecule has 0 spiro atoms. The molecule has 0 aromatic heterocycles. The SMILES string of the molecule is CCC(O)(CC)COc1c([C@H](C)O)ccc2ccccc12. The van der Waals surface area contributed by atoms with Crippen molar-refractivity contribution in [1.29, 1.82) is 0 Å². The lowest BCUT2D eigenvalue weighted by atomic mass is 9.98. The Kier molecular flexibility index (Phi) is 4.86. The number of ether oxygens (including phenoxy) is 1. The van der Waals surface area contributed by atoms with Crippen LogP contribution in [0.3, 0.4) is 0 Å². The van der Waals surface area contributed by atoms with Gasteiger partial charge in [-0.3, -0.25) is 0 Å². The summed E-state index contributed by atoms with van der Waals surface area (Å²) < 4.78 is 5.95. The molecule has 0 saturated heterocycles. The van der Waals surface area contributed by atoms with Crippen LogP contribution in [0, 0.1) is 0 Å². The van der Waals surface area contributed by atoms with E-state index < -0.39 is 11.7 Å². The van der Waals surface area contributed by atoms with Gasteiger partial charge in [-0.05, 0) is 25.2 Å². The molecule has 2 N–H and O–H groups in total. The zero-order valence-electron chi connectivity index (χ0n) is 13.0. The van der Waals surface area contributed by atoms with Crippen molar-refractivity contribution >= 4 is 10.8 Å². The van der Waals surface area contributed by atoms with Gasteiger partial charge < -0.3 is 14.9 Å². The van der Waals surface area contributed by atoms with E-state index in [1.165, 1.54) is 0 Å². The molecule has 2 aromatic carbocycles. The Morgan fingerprint density at radius 1 is 1.10 bits per heavy atom. The quantitative estimate of drug-likeness (QED) is 0.849. The van der Waals surface area contributed by atoms with Crippen LogP contribution in [0.15, 0.2) is 36.4 Å². The Balaban J connectivity index is 2.42. The molecule has 3 nitrogen and oxygen atoms in total. The molecule has 0 fully saturated rings. The Bertz CT molecular complexity index is 600. The summed E-state index contributed by atoms with van der Waals surface area (Å²) in [5.41, 5.74) is -0.0735. The smallest absolute Gasteiger partial charge is 0.133 e. The van der Waals surface area contributed by atoms with Crippen LogP contribution in [0.25, 0.3) is 10.8 Å². The molecule has 0 unspecified atom stereocenters. The zero-order chi connectivity index (χ0) is 15.5. The maximum absolute atomic E-state index is 10.4. The van der Waals surface area contributed by atoms with Crippen LogP contribution in [0.1, 0.15) is 45.3 Å². The summed E-state index contributed by atoms with van der Waals surface area (Å²) in [6, 6.07) is 11.8. The van der Waals surface area contributed by atoms with Gasteiger partial charge in [0.25, 0.3) is 0 Å². The van der Waals surface area contributed by atoms with Gasteiger partial charge in [-0.25, -0.2) is 0 Å². The molecular formula is C18H24O3. The molecule has 0 aliphatic carbocycles. The van der Waals surface area contributed by atoms with Crippen molar-refractivity contribution in [3.05, 3.63) is 42.0 Å². The van der Waals surface area contributed by atoms with E-state index in [1.54, 1.807) is 6.92 Å². The van der Waals surface area contributed by atoms with Crippen molar-refractivity contribution < 1.29 is 14.9 Å². The van der Waals surface area contributed by atoms with Gasteiger partial charge in [0, 0.05) is 10.9 Å². The third-order valence-corrected chi connectivity index (χ3v) is 4.16. The highest BCUT2D eigenvalue weighted by Gasteiger charge is 2.24. The molecule has 0 amide bonds. The second-order valence-electron chi connectivity index (χ2n) is 5.60. The molecule has 0 heterocycles. The molecule has 0 bridgehead atoms. The fourth-order valence-electron chi connectivity index (χ4n) is 2.41. The summed E-state index contributed by atoms with van der Waals surface area (Å²) in [5.74, 6) is 0.670. The van der Waals surface area contributed by atoms with E-state index in [2.05, 4.69) is 0 Å². The molecule has 0 radical (unpaired) electrons. The number of benzene rings is 2. The third kappa shape index (κ3) is 3.36. The van der Waals surface area contributed by atoms with Gasteiger partial charge in [-0.1, -0.05) is 50.2 Å². The lowest BCUT2D eigenvalue weighted by Gasteiger charge is -2.26. The van der Waals surface area contributed by atoms with E-state index in [1.807, 2.05) is 50.2 Å². The number of fused-ring (bicyclic) bond motifs is 1. The highest BCUT2D eigenvalue weighted by Crippen LogP contribution is 2.34. The number of hydrogen-bond donors (Lipinski definition) is 2. The van der Waals surface area contributed by atoms with Gasteiger partial charge in [0.2, 0.25) is 0 Å². The van der Waals surface area contributed by atoms with Gasteiger partial charge in [0.15, 0.2) is 0 Å². The van der Waals surface area contributed by atoms with E-state index in [-0.39, 0.29) is 6.61 Å². The minimum absolute atomic E-state index is 0.230. The number of aliphatic hydroxyl groups is 2. The van der Waals surface area contributed by atoms with E-state index in [4.69, 9.17) is 4.74 Å². The lowest BCUT2D eigenvalue weighted by molar-refractivity contribution is -0.0117. The molecule has 2 rings (SSSR count). The zero-order valence-corrected chi connectivity index (χ0v) is 13.0. The maximum atomic E-state index is 10.4. The highest BCUT2D eigenvalue weighted by atomic mass is 16.5. The van der Waals surface area contributed by atoms with Crippen molar-refractivity contribution in [2.45, 2.75) is 45.3 Å². The van der Waals surface area contributed by atoms with Crippen molar-refractivity contribution in [2.75, 3.05) is 6.61 Å². The second-order valence-corrected chi connectivity index (χ2v) is 5.60. The van der Waals surface area contributed by atoms with E-state index in [0.717, 1.165) is 16.3 Å². The maximum Gasteiger partial charge on any atom is 0.133 e. The van der Waals surface area contributed by atoms with Crippen LogP contribution in [-0.2, 0) is 0 Å². The van der Waals surface area contributed by atoms with Crippen LogP contribution in [0.5, 0.6) is 5.75 Å². The largest absolute Gasteiger partial charge is 0.490 e. The average Bonchev–Trinajstić information content (AvgIpc) is 2.51. The average molecular weight is 288 g/mol. The van der Waals surface area contributed by atoms with Gasteiger partial charge in [0.1, 0.15) is 12.4 Å². The van der Waals surface area contributed by atoms with Gasteiger partial charge in [-0.15, -0.1) is 0 Å². The standard InChI is InChI=1S/C18H24O3/c1-4-18(20,5-2)12-21-17-15(13(3)19)11-10-14-8-6-7-9-16(14)17/h6-11,13,19-20H,4-5,12H2,1-3H3/t13-/m0/s1. The van der Waals surface area contributed by atoms with E-state index >= 15 is 0 Å². The fraction of sp³-hybridized carbons (Fsp3) is 0.444. The number of rotatable bonds is 6. The summed E-state index contributed by atoms with van der Waals surface area (Å²) in [6.07, 6.45) is 0.664. The Morgan fingerprint density at radius 2 is 1.76 bits per heavy atom. The molecule has 0 saturated carbocycles. The van der Waals surface area contributed by atoms with Crippen LogP contribution >= 0.6 is 0 Å². The molecule has 2 aromatic rings. The second kappa shape index (κ2) is 6.46. The van der Waals surface area contributed by atoms with Crippen LogP contribution in [-0.4, -0.2) is 22.4 Å². The van der Waals surface area contributed by atoms with Crippen LogP contribution in [0.2, 0.25) is 0 Å². The summed E-state index contributed by atoms with van der Waals surface area (Å²) in [5, 5.41) is 22.4. The predicted molar refractivity (Wildman–Crippen MR) is 85.6 cm³/mol. The number of hydrogen-bond acceptors (Lipinski definition) is 3. The molecule has 1 atom stereocenters. The Hall–Kier alpha value is -1.58. The van der Waals surface area contributed by atoms with Crippen LogP contribution in [0.4, 0.5) is 0 Å². The van der Waals surface area contributed by atoms with Crippen molar-refractivity contribution in [3.8, 4) is 5.75 Å². The minimum atomic E-state index is -0.826. The van der Waals surface area contributed by atoms with Gasteiger partial charge >= 0.3 is 0 Å². The fourth-order valence-corrected chi connectivity index (χ4v) is 2.41. The van der Waals surface area contributed by atoms with Gasteiger partial charge in [-0.2, -0.15) is 0 Å². The summed E-state index contributed by atoms with van der Waals surface area (Å²) in [4.78, 5) is 0. The topological polar surface area (TPSA) is 49.7 Å².